The van der Waals surface area contributed by atoms with Crippen LogP contribution in [0.15, 0.2) is 39.2 Å². The molecule has 100 valence electrons. The summed E-state index contributed by atoms with van der Waals surface area (Å²) in [4.78, 5) is 12.4. The molecule has 1 unspecified atom stereocenters. The zero-order chi connectivity index (χ0) is 13.8. The molecule has 1 N–H and O–H groups in total. The first-order valence-corrected chi connectivity index (χ1v) is 6.52. The van der Waals surface area contributed by atoms with Gasteiger partial charge >= 0.3 is 0 Å². The summed E-state index contributed by atoms with van der Waals surface area (Å²) in [5, 5.41) is 17.4. The van der Waals surface area contributed by atoms with Gasteiger partial charge in [-0.3, -0.25) is 4.79 Å². The van der Waals surface area contributed by atoms with Gasteiger partial charge in [0.25, 0.3) is 0 Å². The number of rotatable bonds is 5. The number of aliphatic hydroxyl groups excluding tert-OH is 1. The van der Waals surface area contributed by atoms with E-state index in [0.29, 0.717) is 10.6 Å². The molecule has 0 fully saturated rings. The van der Waals surface area contributed by atoms with Gasteiger partial charge in [0.15, 0.2) is 6.10 Å². The Morgan fingerprint density at radius 1 is 1.47 bits per heavy atom. The molecular weight excluding hydrogens is 264 g/mol. The fraction of sp³-hybridized carbons (Fsp3) is 0.231. The molecule has 6 heteroatoms. The first kappa shape index (κ1) is 13.5. The lowest BCUT2D eigenvalue weighted by Crippen LogP contribution is -2.09. The van der Waals surface area contributed by atoms with Gasteiger partial charge in [0.1, 0.15) is 11.5 Å². The summed E-state index contributed by atoms with van der Waals surface area (Å²) in [6.07, 6.45) is 0.242. The van der Waals surface area contributed by atoms with Crippen LogP contribution in [0.1, 0.15) is 27.3 Å². The van der Waals surface area contributed by atoms with Crippen molar-refractivity contribution in [2.45, 2.75) is 6.10 Å². The lowest BCUT2D eigenvalue weighted by molar-refractivity contribution is 0.0707. The van der Waals surface area contributed by atoms with Gasteiger partial charge in [-0.2, -0.15) is 5.10 Å². The molecule has 0 saturated carbocycles. The second kappa shape index (κ2) is 5.81. The quantitative estimate of drug-likeness (QED) is 0.517. The van der Waals surface area contributed by atoms with Crippen molar-refractivity contribution in [1.82, 2.24) is 5.01 Å². The second-order valence-corrected chi connectivity index (χ2v) is 5.02. The van der Waals surface area contributed by atoms with Crippen LogP contribution >= 0.6 is 11.3 Å². The number of ketones is 1. The monoisotopic (exact) mass is 278 g/mol. The molecule has 2 rings (SSSR count). The number of hydrogen-bond donors (Lipinski definition) is 1. The zero-order valence-electron chi connectivity index (χ0n) is 10.6. The van der Waals surface area contributed by atoms with E-state index in [1.165, 1.54) is 17.6 Å². The van der Waals surface area contributed by atoms with Crippen LogP contribution in [0.4, 0.5) is 0 Å². The maximum absolute atomic E-state index is 11.9. The number of nitrogens with zero attached hydrogens (tertiary/aromatic N) is 2. The highest BCUT2D eigenvalue weighted by atomic mass is 32.1. The summed E-state index contributed by atoms with van der Waals surface area (Å²) in [7, 11) is 3.57. The normalized spacial score (nSPS) is 12.8. The number of thiophene rings is 1. The Morgan fingerprint density at radius 3 is 2.89 bits per heavy atom. The van der Waals surface area contributed by atoms with Gasteiger partial charge in [0.05, 0.1) is 11.1 Å². The van der Waals surface area contributed by atoms with Crippen LogP contribution in [0.25, 0.3) is 0 Å². The third kappa shape index (κ3) is 3.30. The summed E-state index contributed by atoms with van der Waals surface area (Å²) >= 11 is 1.29. The van der Waals surface area contributed by atoms with Gasteiger partial charge in [0, 0.05) is 14.1 Å². The van der Waals surface area contributed by atoms with Crippen LogP contribution in [0.2, 0.25) is 0 Å². The highest BCUT2D eigenvalue weighted by Gasteiger charge is 2.23. The average Bonchev–Trinajstić information content (AvgIpc) is 3.05. The number of carbonyl (C=O) groups excluding carboxylic acids is 1. The van der Waals surface area contributed by atoms with E-state index in [0.717, 1.165) is 0 Å². The molecule has 0 aromatic carbocycles. The molecule has 5 nitrogen and oxygen atoms in total. The summed E-state index contributed by atoms with van der Waals surface area (Å²) in [5.41, 5.74) is 0. The molecule has 2 aromatic heterocycles. The van der Waals surface area contributed by atoms with Crippen LogP contribution in [0.5, 0.6) is 0 Å². The molecule has 1 atom stereocenters. The largest absolute Gasteiger partial charge is 0.457 e. The third-order valence-corrected chi connectivity index (χ3v) is 3.23. The van der Waals surface area contributed by atoms with Gasteiger partial charge in [0.2, 0.25) is 5.78 Å². The highest BCUT2D eigenvalue weighted by Crippen LogP contribution is 2.22. The Bertz CT molecular complexity index is 572. The molecule has 0 spiro atoms. The van der Waals surface area contributed by atoms with Crippen LogP contribution < -0.4 is 0 Å². The lowest BCUT2D eigenvalue weighted by Gasteiger charge is -2.04. The molecule has 2 heterocycles. The van der Waals surface area contributed by atoms with Crippen molar-refractivity contribution in [2.75, 3.05) is 14.1 Å². The van der Waals surface area contributed by atoms with Crippen molar-refractivity contribution >= 4 is 23.3 Å². The Labute approximate surface area is 114 Å². The van der Waals surface area contributed by atoms with Crippen LogP contribution in [0.3, 0.4) is 0 Å². The summed E-state index contributed by atoms with van der Waals surface area (Å²) in [5.74, 6) is 0.348. The first-order chi connectivity index (χ1) is 9.08. The number of carbonyl (C=O) groups is 1. The van der Waals surface area contributed by atoms with Gasteiger partial charge in [-0.25, -0.2) is 0 Å². The molecule has 19 heavy (non-hydrogen) atoms. The molecule has 0 amide bonds. The Morgan fingerprint density at radius 2 is 2.26 bits per heavy atom. The summed E-state index contributed by atoms with van der Waals surface area (Å²) < 4.78 is 5.37. The molecular formula is C13H14N2O3S. The van der Waals surface area contributed by atoms with Crippen molar-refractivity contribution in [3.05, 3.63) is 46.0 Å². The standard InChI is InChI=1S/C13H14N2O3S/c1-15(2)14-8-9-5-6-10(18-9)12(16)13(17)11-4-3-7-19-11/h3-8,12,16H,1-2H3. The topological polar surface area (TPSA) is 66.0 Å². The van der Waals surface area contributed by atoms with E-state index in [-0.39, 0.29) is 11.5 Å². The number of aliphatic hydroxyl groups is 1. The van der Waals surface area contributed by atoms with Gasteiger partial charge < -0.3 is 14.5 Å². The molecule has 0 radical (unpaired) electrons. The van der Waals surface area contributed by atoms with Crippen molar-refractivity contribution in [3.8, 4) is 0 Å². The highest BCUT2D eigenvalue weighted by molar-refractivity contribution is 7.12. The fourth-order valence-corrected chi connectivity index (χ4v) is 2.13. The number of Topliss-reactive ketones (excluding diaryl/α,β-unsaturated/α-hetero) is 1. The molecule has 0 aliphatic heterocycles. The van der Waals surface area contributed by atoms with Gasteiger partial charge in [-0.15, -0.1) is 11.3 Å². The smallest absolute Gasteiger partial charge is 0.208 e. The molecule has 2 aromatic rings. The summed E-state index contributed by atoms with van der Waals surface area (Å²) in [6, 6.07) is 6.68. The van der Waals surface area contributed by atoms with E-state index in [1.807, 2.05) is 0 Å². The minimum absolute atomic E-state index is 0.221. The Kier molecular flexibility index (Phi) is 4.13. The molecule has 0 aliphatic rings. The van der Waals surface area contributed by atoms with Crippen molar-refractivity contribution in [2.24, 2.45) is 5.10 Å². The van der Waals surface area contributed by atoms with Crippen molar-refractivity contribution in [1.29, 1.82) is 0 Å². The van der Waals surface area contributed by atoms with Crippen molar-refractivity contribution in [3.63, 3.8) is 0 Å². The minimum atomic E-state index is -1.28. The van der Waals surface area contributed by atoms with Crippen LogP contribution in [-0.4, -0.2) is 36.2 Å². The maximum Gasteiger partial charge on any atom is 0.208 e. The lowest BCUT2D eigenvalue weighted by atomic mass is 10.1. The molecule has 0 saturated heterocycles. The SMILES string of the molecule is CN(C)N=Cc1ccc(C(O)C(=O)c2cccs2)o1. The van der Waals surface area contributed by atoms with E-state index >= 15 is 0 Å². The maximum atomic E-state index is 11.9. The van der Waals surface area contributed by atoms with E-state index < -0.39 is 6.10 Å². The van der Waals surface area contributed by atoms with Gasteiger partial charge in [-0.1, -0.05) is 6.07 Å². The van der Waals surface area contributed by atoms with E-state index in [9.17, 15) is 9.90 Å². The number of hydrazone groups is 1. The van der Waals surface area contributed by atoms with E-state index in [4.69, 9.17) is 4.42 Å². The Balaban J connectivity index is 2.12. The average molecular weight is 278 g/mol. The third-order valence-electron chi connectivity index (χ3n) is 2.35. The van der Waals surface area contributed by atoms with Crippen LogP contribution in [0, 0.1) is 0 Å². The predicted molar refractivity (Wildman–Crippen MR) is 73.6 cm³/mol. The fourth-order valence-electron chi connectivity index (χ4n) is 1.44. The second-order valence-electron chi connectivity index (χ2n) is 4.08. The van der Waals surface area contributed by atoms with Gasteiger partial charge in [-0.05, 0) is 23.6 Å². The van der Waals surface area contributed by atoms with E-state index in [2.05, 4.69) is 5.10 Å². The van der Waals surface area contributed by atoms with Crippen molar-refractivity contribution < 1.29 is 14.3 Å². The molecule has 0 bridgehead atoms. The number of hydrogen-bond acceptors (Lipinski definition) is 6. The molecule has 0 aliphatic carbocycles. The summed E-state index contributed by atoms with van der Waals surface area (Å²) in [6.45, 7) is 0. The van der Waals surface area contributed by atoms with Crippen LogP contribution in [-0.2, 0) is 0 Å². The first-order valence-electron chi connectivity index (χ1n) is 5.65. The van der Waals surface area contributed by atoms with E-state index in [1.54, 1.807) is 48.7 Å². The Hall–Kier alpha value is -1.92. The number of furan rings is 1. The predicted octanol–water partition coefficient (Wildman–Crippen LogP) is 2.15. The zero-order valence-corrected chi connectivity index (χ0v) is 11.4. The minimum Gasteiger partial charge on any atom is -0.457 e.